The van der Waals surface area contributed by atoms with Crippen LogP contribution in [0.3, 0.4) is 0 Å². The van der Waals surface area contributed by atoms with E-state index >= 15 is 0 Å². The molecular formula is C19H22N2O7S. The summed E-state index contributed by atoms with van der Waals surface area (Å²) in [5.41, 5.74) is 0.605. The lowest BCUT2D eigenvalue weighted by Crippen LogP contribution is -2.45. The van der Waals surface area contributed by atoms with Crippen molar-refractivity contribution in [2.75, 3.05) is 25.5 Å². The first-order chi connectivity index (χ1) is 13.7. The monoisotopic (exact) mass is 422 g/mol. The van der Waals surface area contributed by atoms with Gasteiger partial charge in [0.05, 0.1) is 12.1 Å². The van der Waals surface area contributed by atoms with Gasteiger partial charge in [-0.2, -0.15) is 0 Å². The highest BCUT2D eigenvalue weighted by Gasteiger charge is 2.31. The number of sulfonamides is 1. The van der Waals surface area contributed by atoms with Crippen LogP contribution in [-0.4, -0.2) is 51.3 Å². The highest BCUT2D eigenvalue weighted by molar-refractivity contribution is 7.88. The summed E-state index contributed by atoms with van der Waals surface area (Å²) in [6, 6.07) is 9.85. The van der Waals surface area contributed by atoms with Gasteiger partial charge in [0, 0.05) is 20.6 Å². The van der Waals surface area contributed by atoms with Gasteiger partial charge in [-0.1, -0.05) is 12.1 Å². The van der Waals surface area contributed by atoms with Crippen molar-refractivity contribution < 1.29 is 31.9 Å². The van der Waals surface area contributed by atoms with Crippen LogP contribution in [0.2, 0.25) is 0 Å². The molecular weight excluding hydrogens is 400 g/mol. The lowest BCUT2D eigenvalue weighted by atomic mass is 10.2. The van der Waals surface area contributed by atoms with E-state index in [4.69, 9.17) is 13.9 Å². The molecule has 3 rings (SSSR count). The van der Waals surface area contributed by atoms with E-state index < -0.39 is 22.1 Å². The molecule has 2 aromatic rings. The molecule has 1 unspecified atom stereocenters. The van der Waals surface area contributed by atoms with Crippen LogP contribution in [0, 0.1) is 0 Å². The average Bonchev–Trinajstić information content (AvgIpc) is 3.16. The fraction of sp³-hybridized carbons (Fsp3) is 0.368. The molecule has 0 saturated carbocycles. The van der Waals surface area contributed by atoms with Crippen molar-refractivity contribution in [2.24, 2.45) is 0 Å². The van der Waals surface area contributed by atoms with Gasteiger partial charge in [0.2, 0.25) is 5.09 Å². The number of rotatable bonds is 7. The molecule has 1 aliphatic rings. The van der Waals surface area contributed by atoms with Gasteiger partial charge in [-0.05, 0) is 31.2 Å². The maximum Gasteiger partial charge on any atom is 0.308 e. The van der Waals surface area contributed by atoms with Crippen molar-refractivity contribution in [1.29, 1.82) is 0 Å². The topological polar surface area (TPSA) is 106 Å². The Morgan fingerprint density at radius 3 is 2.66 bits per heavy atom. The minimum atomic E-state index is -3.69. The summed E-state index contributed by atoms with van der Waals surface area (Å²) in [6.45, 7) is 1.59. The van der Waals surface area contributed by atoms with Crippen molar-refractivity contribution in [2.45, 2.75) is 31.1 Å². The molecule has 9 nitrogen and oxygen atoms in total. The SMILES string of the molecule is CC1Oc2ccccc2N(CCC(=O)OCc2ccc(S(=O)(=O)N(C)C)o2)C1=O. The molecule has 0 saturated heterocycles. The Bertz CT molecular complexity index is 1010. The maximum absolute atomic E-state index is 12.4. The second-order valence-corrected chi connectivity index (χ2v) is 8.72. The molecule has 156 valence electrons. The predicted octanol–water partition coefficient (Wildman–Crippen LogP) is 1.78. The molecule has 10 heteroatoms. The fourth-order valence-corrected chi connectivity index (χ4v) is 3.58. The molecule has 0 aliphatic carbocycles. The van der Waals surface area contributed by atoms with Gasteiger partial charge < -0.3 is 18.8 Å². The molecule has 2 heterocycles. The van der Waals surface area contributed by atoms with Crippen molar-refractivity contribution >= 4 is 27.6 Å². The van der Waals surface area contributed by atoms with Crippen LogP contribution in [0.15, 0.2) is 45.9 Å². The number of amides is 1. The third-order valence-corrected chi connectivity index (χ3v) is 6.05. The van der Waals surface area contributed by atoms with E-state index in [1.807, 2.05) is 6.07 Å². The van der Waals surface area contributed by atoms with Crippen LogP contribution in [-0.2, 0) is 31.0 Å². The van der Waals surface area contributed by atoms with Gasteiger partial charge >= 0.3 is 5.97 Å². The third-order valence-electron chi connectivity index (χ3n) is 4.36. The molecule has 0 radical (unpaired) electrons. The summed E-state index contributed by atoms with van der Waals surface area (Å²) in [7, 11) is -0.904. The second kappa shape index (κ2) is 8.26. The van der Waals surface area contributed by atoms with E-state index in [1.54, 1.807) is 25.1 Å². The van der Waals surface area contributed by atoms with Gasteiger partial charge in [0.25, 0.3) is 15.9 Å². The van der Waals surface area contributed by atoms with E-state index in [1.165, 1.54) is 31.1 Å². The number of furan rings is 1. The van der Waals surface area contributed by atoms with Crippen molar-refractivity contribution in [3.8, 4) is 5.75 Å². The van der Waals surface area contributed by atoms with E-state index in [2.05, 4.69) is 0 Å². The van der Waals surface area contributed by atoms with Gasteiger partial charge in [-0.15, -0.1) is 0 Å². The lowest BCUT2D eigenvalue weighted by Gasteiger charge is -2.32. The van der Waals surface area contributed by atoms with E-state index in [0.717, 1.165) is 4.31 Å². The largest absolute Gasteiger partial charge is 0.479 e. The lowest BCUT2D eigenvalue weighted by molar-refractivity contribution is -0.145. The fourth-order valence-electron chi connectivity index (χ4n) is 2.77. The Balaban J connectivity index is 1.57. The standard InChI is InChI=1S/C19H22N2O7S/c1-13-19(23)21(15-6-4-5-7-16(15)27-13)11-10-17(22)26-12-14-8-9-18(28-14)29(24,25)20(2)3/h4-9,13H,10-12H2,1-3H3. The number of para-hydroxylation sites is 2. The normalized spacial score (nSPS) is 16.5. The zero-order valence-electron chi connectivity index (χ0n) is 16.3. The number of hydrogen-bond donors (Lipinski definition) is 0. The molecule has 0 fully saturated rings. The highest BCUT2D eigenvalue weighted by Crippen LogP contribution is 2.33. The molecule has 1 atom stereocenters. The Labute approximate surface area is 168 Å². The summed E-state index contributed by atoms with van der Waals surface area (Å²) in [5, 5.41) is -0.224. The molecule has 1 amide bonds. The first-order valence-corrected chi connectivity index (χ1v) is 10.4. The number of anilines is 1. The number of hydrogen-bond acceptors (Lipinski definition) is 7. The molecule has 29 heavy (non-hydrogen) atoms. The number of fused-ring (bicyclic) bond motifs is 1. The summed E-state index contributed by atoms with van der Waals surface area (Å²) in [6.07, 6.45) is -0.669. The van der Waals surface area contributed by atoms with Crippen molar-refractivity contribution in [1.82, 2.24) is 4.31 Å². The van der Waals surface area contributed by atoms with Gasteiger partial charge in [0.15, 0.2) is 6.10 Å². The first-order valence-electron chi connectivity index (χ1n) is 8.94. The van der Waals surface area contributed by atoms with Crippen LogP contribution < -0.4 is 9.64 Å². The zero-order valence-corrected chi connectivity index (χ0v) is 17.1. The average molecular weight is 422 g/mol. The summed E-state index contributed by atoms with van der Waals surface area (Å²) in [4.78, 5) is 26.0. The Hall–Kier alpha value is -2.85. The number of ether oxygens (including phenoxy) is 2. The molecule has 1 aliphatic heterocycles. The van der Waals surface area contributed by atoms with Gasteiger partial charge in [-0.25, -0.2) is 12.7 Å². The molecule has 0 spiro atoms. The quantitative estimate of drug-likeness (QED) is 0.626. The Kier molecular flexibility index (Phi) is 5.94. The smallest absolute Gasteiger partial charge is 0.308 e. The van der Waals surface area contributed by atoms with Gasteiger partial charge in [-0.3, -0.25) is 9.59 Å². The Morgan fingerprint density at radius 2 is 1.93 bits per heavy atom. The zero-order chi connectivity index (χ0) is 21.2. The van der Waals surface area contributed by atoms with E-state index in [9.17, 15) is 18.0 Å². The maximum atomic E-state index is 12.4. The number of carbonyl (C=O) groups is 2. The number of carbonyl (C=O) groups excluding carboxylic acids is 2. The van der Waals surface area contributed by atoms with Crippen molar-refractivity contribution in [3.63, 3.8) is 0 Å². The second-order valence-electron chi connectivity index (χ2n) is 6.64. The first kappa shape index (κ1) is 20.9. The minimum Gasteiger partial charge on any atom is -0.479 e. The molecule has 0 bridgehead atoms. The summed E-state index contributed by atoms with van der Waals surface area (Å²) in [5.74, 6) is 0.0160. The highest BCUT2D eigenvalue weighted by atomic mass is 32.2. The number of benzene rings is 1. The van der Waals surface area contributed by atoms with Crippen LogP contribution >= 0.6 is 0 Å². The van der Waals surface area contributed by atoms with Crippen LogP contribution in [0.25, 0.3) is 0 Å². The summed E-state index contributed by atoms with van der Waals surface area (Å²) >= 11 is 0. The molecule has 1 aromatic carbocycles. The van der Waals surface area contributed by atoms with Gasteiger partial charge in [0.1, 0.15) is 18.1 Å². The molecule has 0 N–H and O–H groups in total. The molecule has 1 aromatic heterocycles. The van der Waals surface area contributed by atoms with Crippen LogP contribution in [0.5, 0.6) is 5.75 Å². The minimum absolute atomic E-state index is 0.0314. The van der Waals surface area contributed by atoms with Crippen LogP contribution in [0.4, 0.5) is 5.69 Å². The van der Waals surface area contributed by atoms with E-state index in [0.29, 0.717) is 11.4 Å². The summed E-state index contributed by atoms with van der Waals surface area (Å²) < 4.78 is 41.0. The number of nitrogens with zero attached hydrogens (tertiary/aromatic N) is 2. The number of esters is 1. The van der Waals surface area contributed by atoms with E-state index in [-0.39, 0.29) is 36.3 Å². The van der Waals surface area contributed by atoms with Crippen LogP contribution in [0.1, 0.15) is 19.1 Å². The van der Waals surface area contributed by atoms with Crippen molar-refractivity contribution in [3.05, 3.63) is 42.2 Å². The third kappa shape index (κ3) is 4.43. The predicted molar refractivity (Wildman–Crippen MR) is 103 cm³/mol. The Morgan fingerprint density at radius 1 is 1.21 bits per heavy atom.